The lowest BCUT2D eigenvalue weighted by molar-refractivity contribution is 0.323. The summed E-state index contributed by atoms with van der Waals surface area (Å²) in [7, 11) is -6.65. The first-order valence-corrected chi connectivity index (χ1v) is 13.3. The highest BCUT2D eigenvalue weighted by Crippen LogP contribution is 2.30. The first kappa shape index (κ1) is 22.3. The minimum Gasteiger partial charge on any atom is -0.385 e. The second-order valence-corrected chi connectivity index (χ2v) is 12.5. The number of hydrogen-bond donors (Lipinski definition) is 2. The first-order chi connectivity index (χ1) is 13.6. The van der Waals surface area contributed by atoms with Crippen LogP contribution in [0.4, 0.5) is 15.8 Å². The van der Waals surface area contributed by atoms with Crippen LogP contribution in [0.15, 0.2) is 18.2 Å². The average Bonchev–Trinajstić information content (AvgIpc) is 3.00. The smallest absolute Gasteiger partial charge is 0.235 e. The van der Waals surface area contributed by atoms with Gasteiger partial charge in [0.2, 0.25) is 20.0 Å². The monoisotopic (exact) mass is 447 g/mol. The number of nitrogens with one attached hydrogen (secondary N) is 2. The van der Waals surface area contributed by atoms with Crippen molar-refractivity contribution in [3.63, 3.8) is 0 Å². The van der Waals surface area contributed by atoms with Crippen molar-refractivity contribution in [2.75, 3.05) is 28.5 Å². The van der Waals surface area contributed by atoms with Crippen LogP contribution in [0.5, 0.6) is 0 Å². The second-order valence-electron chi connectivity index (χ2n) is 8.22. The molecule has 0 aromatic heterocycles. The number of rotatable bonds is 7. The third kappa shape index (κ3) is 5.40. The minimum atomic E-state index is -3.40. The fourth-order valence-electron chi connectivity index (χ4n) is 3.84. The molecule has 1 aromatic carbocycles. The lowest BCUT2D eigenvalue weighted by atomic mass is 9.86. The van der Waals surface area contributed by atoms with Crippen molar-refractivity contribution in [2.24, 2.45) is 5.92 Å². The highest BCUT2D eigenvalue weighted by Gasteiger charge is 2.30. The third-order valence-electron chi connectivity index (χ3n) is 5.71. The Labute approximate surface area is 173 Å². The standard InChI is InChI=1S/C19H30FN3O4S2/c1-14(2)29(26,27)22-16-6-4-15(5-7-16)13-21-17-8-9-19(18(20)12-17)23-10-3-11-28(23,24)25/h8-9,12,14-16,21-22H,3-7,10-11,13H2,1-2H3. The average molecular weight is 448 g/mol. The van der Waals surface area contributed by atoms with E-state index in [-0.39, 0.29) is 17.5 Å². The quantitative estimate of drug-likeness (QED) is 0.670. The zero-order valence-electron chi connectivity index (χ0n) is 16.9. The van der Waals surface area contributed by atoms with Crippen molar-refractivity contribution in [1.82, 2.24) is 4.72 Å². The van der Waals surface area contributed by atoms with Gasteiger partial charge in [-0.2, -0.15) is 0 Å². The summed E-state index contributed by atoms with van der Waals surface area (Å²) in [6.07, 6.45) is 3.88. The summed E-state index contributed by atoms with van der Waals surface area (Å²) in [6.45, 7) is 4.32. The van der Waals surface area contributed by atoms with Gasteiger partial charge in [-0.25, -0.2) is 25.9 Å². The molecule has 3 rings (SSSR count). The SMILES string of the molecule is CC(C)S(=O)(=O)NC1CCC(CNc2ccc(N3CCCS3(=O)=O)c(F)c2)CC1. The predicted molar refractivity (Wildman–Crippen MR) is 114 cm³/mol. The molecule has 0 spiro atoms. The Morgan fingerprint density at radius 1 is 1.21 bits per heavy atom. The van der Waals surface area contributed by atoms with E-state index in [0.717, 1.165) is 30.0 Å². The normalized spacial score (nSPS) is 24.8. The molecule has 0 bridgehead atoms. The van der Waals surface area contributed by atoms with Crippen molar-refractivity contribution in [3.05, 3.63) is 24.0 Å². The molecule has 0 radical (unpaired) electrons. The van der Waals surface area contributed by atoms with Crippen LogP contribution in [-0.2, 0) is 20.0 Å². The number of sulfonamides is 2. The van der Waals surface area contributed by atoms with E-state index in [0.29, 0.717) is 31.1 Å². The number of hydrogen-bond acceptors (Lipinski definition) is 5. The molecule has 0 amide bonds. The van der Waals surface area contributed by atoms with Gasteiger partial charge < -0.3 is 5.32 Å². The van der Waals surface area contributed by atoms with Gasteiger partial charge in [-0.05, 0) is 70.1 Å². The van der Waals surface area contributed by atoms with E-state index in [1.165, 1.54) is 12.1 Å². The van der Waals surface area contributed by atoms with Crippen LogP contribution in [0, 0.1) is 11.7 Å². The maximum Gasteiger partial charge on any atom is 0.235 e. The van der Waals surface area contributed by atoms with E-state index in [1.807, 2.05) is 0 Å². The summed E-state index contributed by atoms with van der Waals surface area (Å²) in [5, 5.41) is 2.79. The summed E-state index contributed by atoms with van der Waals surface area (Å²) in [6, 6.07) is 4.54. The predicted octanol–water partition coefficient (Wildman–Crippen LogP) is 2.66. The molecule has 29 heavy (non-hydrogen) atoms. The molecule has 164 valence electrons. The van der Waals surface area contributed by atoms with Crippen molar-refractivity contribution < 1.29 is 21.2 Å². The van der Waals surface area contributed by atoms with E-state index in [2.05, 4.69) is 10.0 Å². The van der Waals surface area contributed by atoms with Crippen LogP contribution in [0.3, 0.4) is 0 Å². The highest BCUT2D eigenvalue weighted by molar-refractivity contribution is 7.93. The van der Waals surface area contributed by atoms with E-state index in [1.54, 1.807) is 19.9 Å². The molecular formula is C19H30FN3O4S2. The van der Waals surface area contributed by atoms with E-state index >= 15 is 0 Å². The fraction of sp³-hybridized carbons (Fsp3) is 0.684. The molecule has 7 nitrogen and oxygen atoms in total. The number of anilines is 2. The van der Waals surface area contributed by atoms with Crippen LogP contribution in [0.25, 0.3) is 0 Å². The molecular weight excluding hydrogens is 417 g/mol. The van der Waals surface area contributed by atoms with Gasteiger partial charge >= 0.3 is 0 Å². The van der Waals surface area contributed by atoms with Gasteiger partial charge in [-0.1, -0.05) is 0 Å². The van der Waals surface area contributed by atoms with E-state index in [4.69, 9.17) is 0 Å². The van der Waals surface area contributed by atoms with Gasteiger partial charge in [0.25, 0.3) is 0 Å². The molecule has 2 fully saturated rings. The Bertz CT molecular complexity index is 927. The Kier molecular flexibility index (Phi) is 6.74. The highest BCUT2D eigenvalue weighted by atomic mass is 32.2. The summed E-state index contributed by atoms with van der Waals surface area (Å²) < 4.78 is 66.3. The van der Waals surface area contributed by atoms with Crippen molar-refractivity contribution >= 4 is 31.4 Å². The topological polar surface area (TPSA) is 95.6 Å². The first-order valence-electron chi connectivity index (χ1n) is 10.1. The molecule has 1 aliphatic heterocycles. The fourth-order valence-corrected chi connectivity index (χ4v) is 6.39. The molecule has 1 saturated carbocycles. The molecule has 1 saturated heterocycles. The third-order valence-corrected chi connectivity index (χ3v) is 9.47. The zero-order chi connectivity index (χ0) is 21.2. The van der Waals surface area contributed by atoms with Gasteiger partial charge in [0, 0.05) is 24.8 Å². The molecule has 0 atom stereocenters. The van der Waals surface area contributed by atoms with Crippen molar-refractivity contribution in [1.29, 1.82) is 0 Å². The maximum atomic E-state index is 14.5. The Morgan fingerprint density at radius 3 is 2.45 bits per heavy atom. The summed E-state index contributed by atoms with van der Waals surface area (Å²) >= 11 is 0. The molecule has 1 heterocycles. The zero-order valence-corrected chi connectivity index (χ0v) is 18.5. The van der Waals surface area contributed by atoms with Crippen molar-refractivity contribution in [2.45, 2.75) is 57.2 Å². The lowest BCUT2D eigenvalue weighted by Crippen LogP contribution is -2.41. The Balaban J connectivity index is 1.51. The number of nitrogens with zero attached hydrogens (tertiary/aromatic N) is 1. The lowest BCUT2D eigenvalue weighted by Gasteiger charge is -2.29. The molecule has 1 aromatic rings. The molecule has 2 N–H and O–H groups in total. The van der Waals surface area contributed by atoms with Gasteiger partial charge in [0.15, 0.2) is 0 Å². The second kappa shape index (κ2) is 8.77. The van der Waals surface area contributed by atoms with Gasteiger partial charge in [-0.3, -0.25) is 4.31 Å². The summed E-state index contributed by atoms with van der Waals surface area (Å²) in [5.41, 5.74) is 0.719. The summed E-state index contributed by atoms with van der Waals surface area (Å²) in [5.74, 6) is -0.105. The maximum absolute atomic E-state index is 14.5. The van der Waals surface area contributed by atoms with Gasteiger partial charge in [0.1, 0.15) is 5.82 Å². The van der Waals surface area contributed by atoms with Crippen LogP contribution in [-0.4, -0.2) is 47.0 Å². The van der Waals surface area contributed by atoms with Crippen LogP contribution in [0.2, 0.25) is 0 Å². The Hall–Kier alpha value is -1.39. The van der Waals surface area contributed by atoms with E-state index < -0.39 is 31.1 Å². The number of benzene rings is 1. The van der Waals surface area contributed by atoms with Crippen LogP contribution >= 0.6 is 0 Å². The van der Waals surface area contributed by atoms with E-state index in [9.17, 15) is 21.2 Å². The molecule has 0 unspecified atom stereocenters. The Morgan fingerprint density at radius 2 is 1.90 bits per heavy atom. The van der Waals surface area contributed by atoms with Crippen molar-refractivity contribution in [3.8, 4) is 0 Å². The molecule has 10 heteroatoms. The van der Waals surface area contributed by atoms with Crippen LogP contribution < -0.4 is 14.3 Å². The molecule has 2 aliphatic rings. The molecule has 1 aliphatic carbocycles. The van der Waals surface area contributed by atoms with Crippen LogP contribution in [0.1, 0.15) is 46.0 Å². The van der Waals surface area contributed by atoms with Gasteiger partial charge in [-0.15, -0.1) is 0 Å². The summed E-state index contributed by atoms with van der Waals surface area (Å²) in [4.78, 5) is 0. The minimum absolute atomic E-state index is 0.0159. The largest absolute Gasteiger partial charge is 0.385 e. The number of halogens is 1. The van der Waals surface area contributed by atoms with Gasteiger partial charge in [0.05, 0.1) is 16.7 Å².